The minimum Gasteiger partial charge on any atom is -0.505 e. The van der Waals surface area contributed by atoms with E-state index in [1.807, 2.05) is 0 Å². The van der Waals surface area contributed by atoms with Gasteiger partial charge in [-0.15, -0.1) is 29.1 Å². The largest absolute Gasteiger partial charge is 0.505 e. The van der Waals surface area contributed by atoms with Crippen molar-refractivity contribution in [3.05, 3.63) is 91.0 Å². The summed E-state index contributed by atoms with van der Waals surface area (Å²) >= 11 is 0.238. The van der Waals surface area contributed by atoms with Crippen LogP contribution in [0.3, 0.4) is 0 Å². The summed E-state index contributed by atoms with van der Waals surface area (Å²) in [6.07, 6.45) is 0. The number of benzene rings is 6. The lowest BCUT2D eigenvalue weighted by Crippen LogP contribution is -2.12. The van der Waals surface area contributed by atoms with Gasteiger partial charge >= 0.3 is 0 Å². The van der Waals surface area contributed by atoms with E-state index in [1.54, 1.807) is 0 Å². The smallest absolute Gasteiger partial charge is 0.296 e. The molecule has 0 aromatic heterocycles. The molecule has 0 bridgehead atoms. The van der Waals surface area contributed by atoms with Crippen molar-refractivity contribution in [3.63, 3.8) is 0 Å². The summed E-state index contributed by atoms with van der Waals surface area (Å²) in [7, 11) is -23.8. The molecular formula is C36H32N10O21S7. The van der Waals surface area contributed by atoms with Crippen molar-refractivity contribution in [1.29, 1.82) is 0 Å². The van der Waals surface area contributed by atoms with Crippen molar-refractivity contribution >= 4 is 142 Å². The number of nitrogen functional groups attached to an aromatic ring is 3. The molecule has 6 rings (SSSR count). The molecule has 0 atom stereocenters. The van der Waals surface area contributed by atoms with Crippen molar-refractivity contribution in [1.82, 2.24) is 0 Å². The van der Waals surface area contributed by atoms with Gasteiger partial charge in [0, 0.05) is 5.69 Å². The molecule has 394 valence electrons. The topological polar surface area (TPSA) is 502 Å². The van der Waals surface area contributed by atoms with E-state index < -0.39 is 116 Å². The van der Waals surface area contributed by atoms with Gasteiger partial charge in [0.15, 0.2) is 27.9 Å². The minimum absolute atomic E-state index is 0.0500. The van der Waals surface area contributed by atoms with Crippen molar-refractivity contribution < 1.29 is 94.3 Å². The predicted octanol–water partition coefficient (Wildman–Crippen LogP) is 7.28. The number of anilines is 4. The van der Waals surface area contributed by atoms with Crippen LogP contribution in [0.25, 0.3) is 10.8 Å². The first-order valence-electron chi connectivity index (χ1n) is 19.1. The van der Waals surface area contributed by atoms with Gasteiger partial charge in [-0.3, -0.25) is 22.6 Å². The quantitative estimate of drug-likeness (QED) is 0.00606. The molecule has 0 heterocycles. The summed E-state index contributed by atoms with van der Waals surface area (Å²) < 4.78 is 171. The van der Waals surface area contributed by atoms with Crippen molar-refractivity contribution in [2.24, 2.45) is 30.7 Å². The lowest BCUT2D eigenvalue weighted by molar-refractivity contribution is -0.434. The molecule has 0 radical (unpaired) electrons. The van der Waals surface area contributed by atoms with Crippen molar-refractivity contribution in [2.75, 3.05) is 34.3 Å². The SMILES string of the molecule is Nc1cc(N)c(S(=O)(=O)O)cc1/N=N/c1ccc(NS(=O)(=O)c2ccc(/N=N/c3c(S(=O)(=O)O)cc4cc(SOOO)c(/N=N/c5ccc(S(=O)(=O)CCOSOOO)cc5S(=O)(=O)O)c(N)c4c3O)cc2)cc1. The van der Waals surface area contributed by atoms with Gasteiger partial charge in [-0.2, -0.15) is 35.5 Å². The third-order valence-corrected chi connectivity index (χ3v) is 16.1. The zero-order valence-corrected chi connectivity index (χ0v) is 41.9. The summed E-state index contributed by atoms with van der Waals surface area (Å²) in [6, 6.07) is 15.8. The Morgan fingerprint density at radius 3 is 1.74 bits per heavy atom. The van der Waals surface area contributed by atoms with Crippen LogP contribution < -0.4 is 21.9 Å². The number of hydrogen-bond acceptors (Lipinski definition) is 29. The molecule has 0 fully saturated rings. The van der Waals surface area contributed by atoms with Crippen molar-refractivity contribution in [3.8, 4) is 5.75 Å². The van der Waals surface area contributed by atoms with Gasteiger partial charge in [0.05, 0.1) is 72.9 Å². The number of phenolic OH excluding ortho intramolecular Hbond substituents is 1. The molecule has 0 amide bonds. The number of aromatic hydroxyl groups is 1. The van der Waals surface area contributed by atoms with Crippen molar-refractivity contribution in [2.45, 2.75) is 29.4 Å². The van der Waals surface area contributed by atoms with Crippen LogP contribution in [-0.2, 0) is 73.1 Å². The third-order valence-electron chi connectivity index (χ3n) is 9.36. The number of fused-ring (bicyclic) bond motifs is 1. The average molecular weight is 1170 g/mol. The van der Waals surface area contributed by atoms with Crippen LogP contribution in [0.5, 0.6) is 5.75 Å². The molecule has 0 spiro atoms. The molecule has 0 aliphatic carbocycles. The fourth-order valence-corrected chi connectivity index (χ4v) is 11.1. The highest BCUT2D eigenvalue weighted by Crippen LogP contribution is 2.50. The first kappa shape index (κ1) is 56.7. The summed E-state index contributed by atoms with van der Waals surface area (Å²) in [4.78, 5) is -4.02. The number of nitrogens with two attached hydrogens (primary N) is 3. The maximum Gasteiger partial charge on any atom is 0.296 e. The molecule has 38 heteroatoms. The number of hydrogen-bond donors (Lipinski definition) is 10. The van der Waals surface area contributed by atoms with Crippen LogP contribution in [0.15, 0.2) is 151 Å². The molecule has 13 N–H and O–H groups in total. The van der Waals surface area contributed by atoms with E-state index in [2.05, 4.69) is 54.2 Å². The number of nitrogens with zero attached hydrogens (tertiary/aromatic N) is 6. The van der Waals surface area contributed by atoms with Crippen LogP contribution in [0.1, 0.15) is 0 Å². The summed E-state index contributed by atoms with van der Waals surface area (Å²) in [5.41, 5.74) is 14.7. The van der Waals surface area contributed by atoms with E-state index >= 15 is 0 Å². The molecule has 6 aromatic carbocycles. The van der Waals surface area contributed by atoms with Gasteiger partial charge in [0.2, 0.25) is 0 Å². The second-order valence-electron chi connectivity index (χ2n) is 14.1. The number of phenols is 1. The predicted molar refractivity (Wildman–Crippen MR) is 258 cm³/mol. The third kappa shape index (κ3) is 13.8. The molecular weight excluding hydrogens is 1130 g/mol. The summed E-state index contributed by atoms with van der Waals surface area (Å²) in [6.45, 7) is -0.557. The number of sulfonamides is 1. The highest BCUT2D eigenvalue weighted by Gasteiger charge is 2.27. The lowest BCUT2D eigenvalue weighted by atomic mass is 10.1. The highest BCUT2D eigenvalue weighted by molar-refractivity contribution is 7.94. The van der Waals surface area contributed by atoms with Gasteiger partial charge < -0.3 is 22.3 Å². The molecule has 0 saturated carbocycles. The average Bonchev–Trinajstić information content (AvgIpc) is 3.31. The first-order valence-corrected chi connectivity index (χ1v) is 28.0. The Morgan fingerprint density at radius 1 is 0.568 bits per heavy atom. The molecule has 6 aromatic rings. The highest BCUT2D eigenvalue weighted by atomic mass is 32.2. The van der Waals surface area contributed by atoms with Gasteiger partial charge in [0.25, 0.3) is 40.4 Å². The van der Waals surface area contributed by atoms with E-state index in [4.69, 9.17) is 31.9 Å². The number of sulfone groups is 1. The van der Waals surface area contributed by atoms with E-state index in [0.717, 1.165) is 60.7 Å². The van der Waals surface area contributed by atoms with Gasteiger partial charge in [-0.25, -0.2) is 27.4 Å². The van der Waals surface area contributed by atoms with Gasteiger partial charge in [0.1, 0.15) is 37.4 Å². The standard InChI is InChI=1S/C36H32N10O21S7/c37-24-16-25(38)29(72(54,55)56)17-27(24)43-40-19-1-3-21(4-2-19)46-71(52,53)22-7-5-20(6-8-22)41-45-35-31(74(60,61)62)14-18-13-28(68-66-64-48)34(33(39)32(18)36(35)47)44-42-26-10-9-23(15-30(26)73(57,58)59)70(50,51)12-11-63-69-67-65-49/h1-10,13-17,46-49H,11-12,37-39H2,(H,54,55,56)(H,57,58,59)(H,60,61,62)/b43-40+,44-42+,45-41+. The van der Waals surface area contributed by atoms with E-state index in [-0.39, 0.29) is 73.7 Å². The second kappa shape index (κ2) is 22.9. The number of rotatable bonds is 22. The Kier molecular flexibility index (Phi) is 17.6. The monoisotopic (exact) mass is 1160 g/mol. The van der Waals surface area contributed by atoms with Crippen LogP contribution in [0.2, 0.25) is 0 Å². The molecule has 0 unspecified atom stereocenters. The molecule has 0 aliphatic rings. The van der Waals surface area contributed by atoms with Crippen LogP contribution in [-0.4, -0.2) is 83.7 Å². The molecule has 0 aliphatic heterocycles. The fourth-order valence-electron chi connectivity index (χ4n) is 6.07. The zero-order chi connectivity index (χ0) is 54.4. The van der Waals surface area contributed by atoms with E-state index in [0.29, 0.717) is 6.07 Å². The Hall–Kier alpha value is -6.57. The van der Waals surface area contributed by atoms with E-state index in [1.165, 1.54) is 24.3 Å². The van der Waals surface area contributed by atoms with Crippen LogP contribution >= 0.6 is 24.4 Å². The normalized spacial score (nSPS) is 12.9. The maximum atomic E-state index is 13.3. The lowest BCUT2D eigenvalue weighted by Gasteiger charge is -2.14. The first-order chi connectivity index (χ1) is 34.6. The summed E-state index contributed by atoms with van der Waals surface area (Å²) in [5.74, 6) is -1.83. The molecule has 0 saturated heterocycles. The molecule has 74 heavy (non-hydrogen) atoms. The van der Waals surface area contributed by atoms with Crippen LogP contribution in [0, 0.1) is 0 Å². The van der Waals surface area contributed by atoms with Gasteiger partial charge in [-0.1, -0.05) is 10.1 Å². The Bertz CT molecular complexity index is 3820. The Morgan fingerprint density at radius 2 is 1.14 bits per heavy atom. The Labute approximate surface area is 425 Å². The van der Waals surface area contributed by atoms with E-state index in [9.17, 15) is 60.9 Å². The second-order valence-corrected chi connectivity index (χ2v) is 23.3. The maximum absolute atomic E-state index is 13.3. The zero-order valence-electron chi connectivity index (χ0n) is 36.2. The van der Waals surface area contributed by atoms with Gasteiger partial charge in [-0.05, 0) is 96.4 Å². The number of azo groups is 3. The van der Waals surface area contributed by atoms with Crippen LogP contribution in [0.4, 0.5) is 56.9 Å². The molecule has 31 nitrogen and oxygen atoms in total. The summed E-state index contributed by atoms with van der Waals surface area (Å²) in [5, 5.41) is 57.8. The minimum atomic E-state index is -5.26. The number of nitrogens with one attached hydrogen (secondary N) is 1. The Balaban J connectivity index is 1.29. The fraction of sp³-hybridized carbons (Fsp3) is 0.0556.